The summed E-state index contributed by atoms with van der Waals surface area (Å²) in [7, 11) is 0.395. The molecule has 3 rings (SSSR count). The first-order valence-electron chi connectivity index (χ1n) is 7.13. The molecule has 1 aromatic heterocycles. The minimum Gasteiger partial charge on any atom is -0.463 e. The molecule has 0 amide bonds. The quantitative estimate of drug-likeness (QED) is 0.820. The van der Waals surface area contributed by atoms with Crippen molar-refractivity contribution >= 4 is 21.0 Å². The zero-order chi connectivity index (χ0) is 15.0. The van der Waals surface area contributed by atoms with E-state index in [-0.39, 0.29) is 10.9 Å². The van der Waals surface area contributed by atoms with Crippen LogP contribution in [0.4, 0.5) is 0 Å². The van der Waals surface area contributed by atoms with Gasteiger partial charge < -0.3 is 9.32 Å². The van der Waals surface area contributed by atoms with E-state index in [0.717, 1.165) is 12.8 Å². The first-order valence-corrected chi connectivity index (χ1v) is 8.57. The highest BCUT2D eigenvalue weighted by molar-refractivity contribution is 7.89. The van der Waals surface area contributed by atoms with Crippen LogP contribution in [0.1, 0.15) is 12.8 Å². The van der Waals surface area contributed by atoms with Crippen LogP contribution in [-0.4, -0.2) is 50.8 Å². The molecule has 5 nitrogen and oxygen atoms in total. The number of nitrogens with zero attached hydrogens (tertiary/aromatic N) is 2. The molecule has 2 aromatic rings. The number of rotatable bonds is 6. The van der Waals surface area contributed by atoms with Crippen molar-refractivity contribution < 1.29 is 12.8 Å². The fourth-order valence-electron chi connectivity index (χ4n) is 2.44. The molecule has 114 valence electrons. The van der Waals surface area contributed by atoms with Crippen LogP contribution < -0.4 is 0 Å². The van der Waals surface area contributed by atoms with Gasteiger partial charge in [0, 0.05) is 24.5 Å². The zero-order valence-corrected chi connectivity index (χ0v) is 13.1. The van der Waals surface area contributed by atoms with Crippen LogP contribution in [0.5, 0.6) is 0 Å². The van der Waals surface area contributed by atoms with E-state index in [2.05, 4.69) is 0 Å². The van der Waals surface area contributed by atoms with Gasteiger partial charge in [-0.3, -0.25) is 0 Å². The summed E-state index contributed by atoms with van der Waals surface area (Å²) >= 11 is 0. The monoisotopic (exact) mass is 308 g/mol. The maximum atomic E-state index is 12.9. The Hall–Kier alpha value is -1.37. The lowest BCUT2D eigenvalue weighted by molar-refractivity contribution is 0.328. The Labute approximate surface area is 125 Å². The van der Waals surface area contributed by atoms with Gasteiger partial charge in [-0.05, 0) is 39.1 Å². The maximum Gasteiger partial charge on any atom is 0.247 e. The predicted octanol–water partition coefficient (Wildman–Crippen LogP) is 2.15. The minimum absolute atomic E-state index is 0.142. The molecule has 1 heterocycles. The Morgan fingerprint density at radius 3 is 2.57 bits per heavy atom. The Morgan fingerprint density at radius 1 is 1.19 bits per heavy atom. The van der Waals surface area contributed by atoms with Crippen LogP contribution in [0.3, 0.4) is 0 Å². The lowest BCUT2D eigenvalue weighted by Gasteiger charge is -2.23. The van der Waals surface area contributed by atoms with Crippen LogP contribution >= 0.6 is 0 Å². The second-order valence-corrected chi connectivity index (χ2v) is 7.61. The summed E-state index contributed by atoms with van der Waals surface area (Å²) < 4.78 is 32.9. The van der Waals surface area contributed by atoms with Crippen LogP contribution in [-0.2, 0) is 10.0 Å². The van der Waals surface area contributed by atoms with E-state index >= 15 is 0 Å². The van der Waals surface area contributed by atoms with E-state index in [0.29, 0.717) is 24.1 Å². The van der Waals surface area contributed by atoms with E-state index in [9.17, 15) is 8.42 Å². The number of sulfonamides is 1. The topological polar surface area (TPSA) is 53.8 Å². The van der Waals surface area contributed by atoms with E-state index in [4.69, 9.17) is 4.42 Å². The number of para-hydroxylation sites is 1. The van der Waals surface area contributed by atoms with Gasteiger partial charge in [0.2, 0.25) is 10.0 Å². The average molecular weight is 308 g/mol. The van der Waals surface area contributed by atoms with E-state index in [1.54, 1.807) is 16.4 Å². The van der Waals surface area contributed by atoms with Gasteiger partial charge in [-0.15, -0.1) is 0 Å². The number of hydrogen-bond donors (Lipinski definition) is 0. The fourth-order valence-corrected chi connectivity index (χ4v) is 4.23. The van der Waals surface area contributed by atoms with Gasteiger partial charge in [-0.25, -0.2) is 8.42 Å². The van der Waals surface area contributed by atoms with Crippen LogP contribution in [0.2, 0.25) is 0 Å². The predicted molar refractivity (Wildman–Crippen MR) is 81.7 cm³/mol. The summed E-state index contributed by atoms with van der Waals surface area (Å²) in [6.07, 6.45) is 3.26. The molecule has 0 aliphatic heterocycles. The molecule has 1 aliphatic rings. The molecular weight excluding hydrogens is 288 g/mol. The highest BCUT2D eigenvalue weighted by atomic mass is 32.2. The Morgan fingerprint density at radius 2 is 1.90 bits per heavy atom. The van der Waals surface area contributed by atoms with Crippen molar-refractivity contribution in [2.75, 3.05) is 27.2 Å². The lowest BCUT2D eigenvalue weighted by atomic mass is 10.3. The van der Waals surface area contributed by atoms with Crippen molar-refractivity contribution in [3.63, 3.8) is 0 Å². The fraction of sp³-hybridized carbons (Fsp3) is 0.467. The molecule has 0 unspecified atom stereocenters. The van der Waals surface area contributed by atoms with Gasteiger partial charge in [0.15, 0.2) is 0 Å². The summed E-state index contributed by atoms with van der Waals surface area (Å²) in [6, 6.07) is 7.40. The summed E-state index contributed by atoms with van der Waals surface area (Å²) in [4.78, 5) is 2.28. The molecule has 0 N–H and O–H groups in total. The second kappa shape index (κ2) is 5.44. The first kappa shape index (κ1) is 14.6. The highest BCUT2D eigenvalue weighted by Crippen LogP contribution is 2.34. The van der Waals surface area contributed by atoms with Crippen LogP contribution in [0, 0.1) is 0 Å². The van der Waals surface area contributed by atoms with Gasteiger partial charge in [0.25, 0.3) is 0 Å². The molecule has 0 bridgehead atoms. The smallest absolute Gasteiger partial charge is 0.247 e. The van der Waals surface area contributed by atoms with Gasteiger partial charge >= 0.3 is 0 Å². The van der Waals surface area contributed by atoms with Gasteiger partial charge in [0.05, 0.1) is 0 Å². The molecule has 1 aliphatic carbocycles. The lowest BCUT2D eigenvalue weighted by Crippen LogP contribution is -2.38. The van der Waals surface area contributed by atoms with Crippen molar-refractivity contribution in [3.05, 3.63) is 30.5 Å². The van der Waals surface area contributed by atoms with Crippen molar-refractivity contribution in [1.29, 1.82) is 0 Å². The molecule has 1 saturated carbocycles. The number of hydrogen-bond acceptors (Lipinski definition) is 4. The zero-order valence-electron chi connectivity index (χ0n) is 12.3. The van der Waals surface area contributed by atoms with E-state index in [1.165, 1.54) is 6.26 Å². The standard InChI is InChI=1S/C15H20N2O3S/c1-16(2)9-10-17(12-7-8-12)21(18,19)15-11-20-14-6-4-3-5-13(14)15/h3-6,11-12H,7-10H2,1-2H3. The Kier molecular flexibility index (Phi) is 3.77. The largest absolute Gasteiger partial charge is 0.463 e. The average Bonchev–Trinajstić information content (AvgIpc) is 3.16. The van der Waals surface area contributed by atoms with Crippen LogP contribution in [0.25, 0.3) is 11.0 Å². The Bertz CT molecular complexity index is 732. The van der Waals surface area contributed by atoms with E-state index in [1.807, 2.05) is 31.1 Å². The molecule has 0 saturated heterocycles. The summed E-state index contributed by atoms with van der Waals surface area (Å²) in [5.74, 6) is 0. The summed E-state index contributed by atoms with van der Waals surface area (Å²) in [5.41, 5.74) is 0.611. The number of likely N-dealkylation sites (N-methyl/N-ethyl adjacent to an activating group) is 1. The number of fused-ring (bicyclic) bond motifs is 1. The third-order valence-corrected chi connectivity index (χ3v) is 5.72. The Balaban J connectivity index is 1.97. The third kappa shape index (κ3) is 2.84. The number of furan rings is 1. The second-order valence-electron chi connectivity index (χ2n) is 5.75. The molecule has 1 aromatic carbocycles. The minimum atomic E-state index is -3.50. The molecule has 1 fully saturated rings. The molecular formula is C15H20N2O3S. The summed E-state index contributed by atoms with van der Waals surface area (Å²) in [6.45, 7) is 1.23. The van der Waals surface area contributed by atoms with Crippen molar-refractivity contribution in [3.8, 4) is 0 Å². The molecule has 0 spiro atoms. The maximum absolute atomic E-state index is 12.9. The van der Waals surface area contributed by atoms with Crippen molar-refractivity contribution in [2.24, 2.45) is 0 Å². The van der Waals surface area contributed by atoms with Crippen molar-refractivity contribution in [2.45, 2.75) is 23.8 Å². The molecule has 6 heteroatoms. The molecule has 21 heavy (non-hydrogen) atoms. The molecule has 0 atom stereocenters. The summed E-state index contributed by atoms with van der Waals surface area (Å²) in [5, 5.41) is 0.660. The van der Waals surface area contributed by atoms with Gasteiger partial charge in [0.1, 0.15) is 16.7 Å². The van der Waals surface area contributed by atoms with Crippen LogP contribution in [0.15, 0.2) is 39.8 Å². The molecule has 0 radical (unpaired) electrons. The van der Waals surface area contributed by atoms with Gasteiger partial charge in [-0.2, -0.15) is 4.31 Å². The normalized spacial score (nSPS) is 16.2. The van der Waals surface area contributed by atoms with Crippen molar-refractivity contribution in [1.82, 2.24) is 9.21 Å². The third-order valence-electron chi connectivity index (χ3n) is 3.75. The SMILES string of the molecule is CN(C)CCN(C1CC1)S(=O)(=O)c1coc2ccccc12. The first-order chi connectivity index (χ1) is 10.00. The highest BCUT2D eigenvalue weighted by Gasteiger charge is 2.39. The van der Waals surface area contributed by atoms with E-state index < -0.39 is 10.0 Å². The van der Waals surface area contributed by atoms with Gasteiger partial charge in [-0.1, -0.05) is 12.1 Å². The number of benzene rings is 1.